The maximum Gasteiger partial charge on any atom is 0.230 e. The molecule has 0 aliphatic carbocycles. The highest BCUT2D eigenvalue weighted by Crippen LogP contribution is 2.34. The molecule has 2 aromatic rings. The number of carbonyl (C=O) groups excluding carboxylic acids is 1. The molecule has 0 atom stereocenters. The van der Waals surface area contributed by atoms with Crippen LogP contribution in [0.25, 0.3) is 10.2 Å². The van der Waals surface area contributed by atoms with E-state index in [0.29, 0.717) is 5.75 Å². The van der Waals surface area contributed by atoms with E-state index < -0.39 is 0 Å². The van der Waals surface area contributed by atoms with E-state index in [2.05, 4.69) is 36.1 Å². The Labute approximate surface area is 133 Å². The average Bonchev–Trinajstić information content (AvgIpc) is 2.72. The highest BCUT2D eigenvalue weighted by atomic mass is 32.2. The number of aromatic nitrogens is 2. The second kappa shape index (κ2) is 6.32. The van der Waals surface area contributed by atoms with E-state index >= 15 is 0 Å². The number of amides is 1. The number of nitrogens with one attached hydrogen (secondary N) is 1. The molecule has 2 rings (SSSR count). The van der Waals surface area contributed by atoms with E-state index in [1.54, 1.807) is 17.7 Å². The Morgan fingerprint density at radius 3 is 2.76 bits per heavy atom. The van der Waals surface area contributed by atoms with Crippen molar-refractivity contribution in [2.75, 3.05) is 5.75 Å². The van der Waals surface area contributed by atoms with Crippen molar-refractivity contribution < 1.29 is 4.79 Å². The number of hydrogen-bond donors (Lipinski definition) is 1. The number of fused-ring (bicyclic) bond motifs is 1. The minimum absolute atomic E-state index is 0.0446. The number of thioether (sulfide) groups is 1. The summed E-state index contributed by atoms with van der Waals surface area (Å²) in [5.41, 5.74) is 1.06. The Hall–Kier alpha value is -1.14. The molecule has 2 heterocycles. The SMILES string of the molecule is CCC(C)(C)NC(=O)CSc1ncnc2sc(C)c(C)c12. The Kier molecular flexibility index (Phi) is 4.88. The lowest BCUT2D eigenvalue weighted by molar-refractivity contribution is -0.120. The molecule has 0 aromatic carbocycles. The third kappa shape index (κ3) is 3.74. The van der Waals surface area contributed by atoms with Gasteiger partial charge in [0.05, 0.1) is 5.75 Å². The first-order valence-electron chi connectivity index (χ1n) is 6.98. The zero-order valence-corrected chi connectivity index (χ0v) is 14.7. The fourth-order valence-electron chi connectivity index (χ4n) is 1.90. The van der Waals surface area contributed by atoms with Crippen molar-refractivity contribution in [2.45, 2.75) is 51.6 Å². The van der Waals surface area contributed by atoms with E-state index in [4.69, 9.17) is 0 Å². The number of hydrogen-bond acceptors (Lipinski definition) is 5. The Morgan fingerprint density at radius 1 is 1.38 bits per heavy atom. The minimum atomic E-state index is -0.159. The fraction of sp³-hybridized carbons (Fsp3) is 0.533. The third-order valence-electron chi connectivity index (χ3n) is 3.63. The maximum atomic E-state index is 12.0. The summed E-state index contributed by atoms with van der Waals surface area (Å²) in [6.45, 7) is 10.3. The molecule has 0 spiro atoms. The Morgan fingerprint density at radius 2 is 2.10 bits per heavy atom. The van der Waals surface area contributed by atoms with Gasteiger partial charge >= 0.3 is 0 Å². The first kappa shape index (κ1) is 16.2. The van der Waals surface area contributed by atoms with Crippen LogP contribution in [0.1, 0.15) is 37.6 Å². The molecule has 1 amide bonds. The quantitative estimate of drug-likeness (QED) is 0.673. The van der Waals surface area contributed by atoms with Gasteiger partial charge in [0.25, 0.3) is 0 Å². The molecular weight excluding hydrogens is 302 g/mol. The molecular formula is C15H21N3OS2. The maximum absolute atomic E-state index is 12.0. The van der Waals surface area contributed by atoms with Crippen LogP contribution in [0.2, 0.25) is 0 Å². The predicted octanol–water partition coefficient (Wildman–Crippen LogP) is 3.71. The molecule has 0 bridgehead atoms. The van der Waals surface area contributed by atoms with Gasteiger partial charge in [0.15, 0.2) is 0 Å². The molecule has 2 aromatic heterocycles. The number of carbonyl (C=O) groups is 1. The van der Waals surface area contributed by atoms with Gasteiger partial charge in [-0.2, -0.15) is 0 Å². The van der Waals surface area contributed by atoms with Crippen LogP contribution >= 0.6 is 23.1 Å². The number of thiophene rings is 1. The molecule has 0 unspecified atom stereocenters. The molecule has 0 fully saturated rings. The molecule has 21 heavy (non-hydrogen) atoms. The second-order valence-electron chi connectivity index (χ2n) is 5.72. The van der Waals surface area contributed by atoms with Crippen LogP contribution in [0.15, 0.2) is 11.4 Å². The summed E-state index contributed by atoms with van der Waals surface area (Å²) in [5, 5.41) is 5.03. The van der Waals surface area contributed by atoms with Crippen molar-refractivity contribution in [3.63, 3.8) is 0 Å². The van der Waals surface area contributed by atoms with Gasteiger partial charge in [-0.25, -0.2) is 9.97 Å². The highest BCUT2D eigenvalue weighted by Gasteiger charge is 2.19. The van der Waals surface area contributed by atoms with Gasteiger partial charge < -0.3 is 5.32 Å². The standard InChI is InChI=1S/C15H21N3OS2/c1-6-15(4,5)18-11(19)7-20-13-12-9(2)10(3)21-14(12)17-8-16-13/h8H,6-7H2,1-5H3,(H,18,19). The van der Waals surface area contributed by atoms with Crippen molar-refractivity contribution >= 4 is 39.2 Å². The molecule has 1 N–H and O–H groups in total. The lowest BCUT2D eigenvalue weighted by Gasteiger charge is -2.24. The fourth-order valence-corrected chi connectivity index (χ4v) is 3.81. The summed E-state index contributed by atoms with van der Waals surface area (Å²) >= 11 is 3.16. The molecule has 0 aliphatic heterocycles. The smallest absolute Gasteiger partial charge is 0.230 e. The van der Waals surface area contributed by atoms with Gasteiger partial charge in [0, 0.05) is 15.8 Å². The van der Waals surface area contributed by atoms with E-state index in [1.165, 1.54) is 22.2 Å². The Balaban J connectivity index is 2.12. The zero-order chi connectivity index (χ0) is 15.6. The molecule has 0 saturated carbocycles. The van der Waals surface area contributed by atoms with Crippen molar-refractivity contribution in [2.24, 2.45) is 0 Å². The first-order valence-corrected chi connectivity index (χ1v) is 8.79. The number of rotatable bonds is 5. The normalized spacial score (nSPS) is 11.9. The summed E-state index contributed by atoms with van der Waals surface area (Å²) in [4.78, 5) is 23.0. The zero-order valence-electron chi connectivity index (χ0n) is 13.1. The summed E-state index contributed by atoms with van der Waals surface area (Å²) in [5.74, 6) is 0.423. The molecule has 6 heteroatoms. The topological polar surface area (TPSA) is 54.9 Å². The van der Waals surface area contributed by atoms with E-state index in [9.17, 15) is 4.79 Å². The summed E-state index contributed by atoms with van der Waals surface area (Å²) in [6, 6.07) is 0. The summed E-state index contributed by atoms with van der Waals surface area (Å²) in [6.07, 6.45) is 2.48. The largest absolute Gasteiger partial charge is 0.351 e. The van der Waals surface area contributed by atoms with Crippen molar-refractivity contribution in [3.05, 3.63) is 16.8 Å². The second-order valence-corrected chi connectivity index (χ2v) is 7.88. The van der Waals surface area contributed by atoms with E-state index in [-0.39, 0.29) is 11.4 Å². The lowest BCUT2D eigenvalue weighted by Crippen LogP contribution is -2.43. The molecule has 114 valence electrons. The van der Waals surface area contributed by atoms with Gasteiger partial charge in [-0.15, -0.1) is 11.3 Å². The average molecular weight is 323 g/mol. The number of aryl methyl sites for hydroxylation is 2. The van der Waals surface area contributed by atoms with Crippen molar-refractivity contribution in [3.8, 4) is 0 Å². The van der Waals surface area contributed by atoms with Crippen LogP contribution in [0.5, 0.6) is 0 Å². The van der Waals surface area contributed by atoms with Crippen LogP contribution in [0, 0.1) is 13.8 Å². The lowest BCUT2D eigenvalue weighted by atomic mass is 10.0. The minimum Gasteiger partial charge on any atom is -0.351 e. The predicted molar refractivity (Wildman–Crippen MR) is 90.1 cm³/mol. The number of nitrogens with zero attached hydrogens (tertiary/aromatic N) is 2. The summed E-state index contributed by atoms with van der Waals surface area (Å²) in [7, 11) is 0. The van der Waals surface area contributed by atoms with Crippen LogP contribution in [-0.2, 0) is 4.79 Å². The van der Waals surface area contributed by atoms with Crippen LogP contribution in [-0.4, -0.2) is 27.2 Å². The molecule has 0 aliphatic rings. The van der Waals surface area contributed by atoms with E-state index in [0.717, 1.165) is 21.7 Å². The van der Waals surface area contributed by atoms with Crippen LogP contribution in [0.4, 0.5) is 0 Å². The van der Waals surface area contributed by atoms with Gasteiger partial charge in [0.1, 0.15) is 16.2 Å². The third-order valence-corrected chi connectivity index (χ3v) is 5.74. The van der Waals surface area contributed by atoms with Gasteiger partial charge in [-0.1, -0.05) is 18.7 Å². The highest BCUT2D eigenvalue weighted by molar-refractivity contribution is 8.00. The van der Waals surface area contributed by atoms with Crippen LogP contribution in [0.3, 0.4) is 0 Å². The Bertz CT molecular complexity index is 664. The van der Waals surface area contributed by atoms with E-state index in [1.807, 2.05) is 13.8 Å². The van der Waals surface area contributed by atoms with Gasteiger partial charge in [-0.05, 0) is 39.7 Å². The molecule has 0 radical (unpaired) electrons. The monoisotopic (exact) mass is 323 g/mol. The first-order chi connectivity index (χ1) is 9.84. The van der Waals surface area contributed by atoms with Gasteiger partial charge in [0.2, 0.25) is 5.91 Å². The van der Waals surface area contributed by atoms with Crippen LogP contribution < -0.4 is 5.32 Å². The van der Waals surface area contributed by atoms with Crippen molar-refractivity contribution in [1.82, 2.24) is 15.3 Å². The molecule has 0 saturated heterocycles. The summed E-state index contributed by atoms with van der Waals surface area (Å²) < 4.78 is 0. The van der Waals surface area contributed by atoms with Gasteiger partial charge in [-0.3, -0.25) is 4.79 Å². The molecule has 4 nitrogen and oxygen atoms in total. The van der Waals surface area contributed by atoms with Crippen molar-refractivity contribution in [1.29, 1.82) is 0 Å².